The minimum atomic E-state index is -1.21. The number of aryl methyl sites for hydroxylation is 1. The summed E-state index contributed by atoms with van der Waals surface area (Å²) in [6.07, 6.45) is -0.680. The lowest BCUT2D eigenvalue weighted by atomic mass is 10.0. The fourth-order valence-corrected chi connectivity index (χ4v) is 4.22. The largest absolute Gasteiger partial charge is 0.508 e. The van der Waals surface area contributed by atoms with Crippen molar-refractivity contribution >= 4 is 41.1 Å². The van der Waals surface area contributed by atoms with Gasteiger partial charge >= 0.3 is 6.09 Å². The quantitative estimate of drug-likeness (QED) is 0.319. The molecule has 0 spiro atoms. The van der Waals surface area contributed by atoms with Gasteiger partial charge in [-0.3, -0.25) is 14.4 Å². The van der Waals surface area contributed by atoms with E-state index in [1.165, 1.54) is 17.0 Å². The van der Waals surface area contributed by atoms with Crippen LogP contribution < -0.4 is 16.4 Å². The van der Waals surface area contributed by atoms with Crippen LogP contribution in [0.3, 0.4) is 0 Å². The molecule has 0 aromatic heterocycles. The summed E-state index contributed by atoms with van der Waals surface area (Å²) in [5.74, 6) is -1.95. The lowest BCUT2D eigenvalue weighted by Gasteiger charge is -2.34. The molecule has 4 amide bonds. The number of nitrogens with zero attached hydrogens (tertiary/aromatic N) is 1. The molecule has 11 heteroatoms. The Morgan fingerprint density at radius 3 is 2.36 bits per heavy atom. The number of benzene rings is 2. The summed E-state index contributed by atoms with van der Waals surface area (Å²) >= 11 is 6.34. The zero-order valence-corrected chi connectivity index (χ0v) is 23.7. The first-order valence-electron chi connectivity index (χ1n) is 12.7. The van der Waals surface area contributed by atoms with Crippen molar-refractivity contribution in [3.8, 4) is 5.75 Å². The molecule has 0 fully saturated rings. The normalized spacial score (nSPS) is 12.7. The molecule has 0 saturated carbocycles. The Bertz CT molecular complexity index is 1180. The highest BCUT2D eigenvalue weighted by Crippen LogP contribution is 2.30. The van der Waals surface area contributed by atoms with Gasteiger partial charge in [0.25, 0.3) is 5.91 Å². The SMILES string of the molecule is CCCN(C(=O)C(CCC(N)=O)NC(=O)OC(C)(C)C)C(C(=O)Nc1c(C)cccc1Cl)c1cccc(O)c1. The predicted octanol–water partition coefficient (Wildman–Crippen LogP) is 4.43. The van der Waals surface area contributed by atoms with E-state index in [0.29, 0.717) is 28.3 Å². The number of primary amides is 1. The highest BCUT2D eigenvalue weighted by molar-refractivity contribution is 6.34. The number of phenols is 1. The Morgan fingerprint density at radius 2 is 1.79 bits per heavy atom. The third-order valence-electron chi connectivity index (χ3n) is 5.63. The molecule has 0 heterocycles. The van der Waals surface area contributed by atoms with Gasteiger partial charge in [0, 0.05) is 13.0 Å². The molecule has 2 rings (SSSR count). The van der Waals surface area contributed by atoms with Crippen molar-refractivity contribution in [1.29, 1.82) is 0 Å². The Labute approximate surface area is 233 Å². The number of rotatable bonds is 11. The molecule has 2 unspecified atom stereocenters. The van der Waals surface area contributed by atoms with Crippen LogP contribution >= 0.6 is 11.6 Å². The minimum absolute atomic E-state index is 0.0970. The van der Waals surface area contributed by atoms with Gasteiger partial charge in [0.2, 0.25) is 11.8 Å². The summed E-state index contributed by atoms with van der Waals surface area (Å²) in [5, 5.41) is 15.8. The lowest BCUT2D eigenvalue weighted by Crippen LogP contribution is -2.52. The lowest BCUT2D eigenvalue weighted by molar-refractivity contribution is -0.141. The number of carbonyl (C=O) groups is 4. The average molecular weight is 561 g/mol. The number of alkyl carbamates (subject to hydrolysis) is 1. The number of aromatic hydroxyl groups is 1. The number of hydrogen-bond acceptors (Lipinski definition) is 6. The summed E-state index contributed by atoms with van der Waals surface area (Å²) in [6.45, 7) is 8.76. The molecule has 0 aliphatic carbocycles. The third kappa shape index (κ3) is 9.47. The van der Waals surface area contributed by atoms with Crippen LogP contribution in [0.5, 0.6) is 5.75 Å². The Hall–Kier alpha value is -3.79. The van der Waals surface area contributed by atoms with Gasteiger partial charge in [-0.15, -0.1) is 0 Å². The van der Waals surface area contributed by atoms with Gasteiger partial charge < -0.3 is 31.1 Å². The Balaban J connectivity index is 2.54. The first kappa shape index (κ1) is 31.4. The van der Waals surface area contributed by atoms with Crippen LogP contribution in [-0.4, -0.2) is 52.0 Å². The second-order valence-corrected chi connectivity index (χ2v) is 10.6. The summed E-state index contributed by atoms with van der Waals surface area (Å²) in [4.78, 5) is 53.2. The molecular weight excluding hydrogens is 524 g/mol. The molecule has 2 aromatic carbocycles. The monoisotopic (exact) mass is 560 g/mol. The van der Waals surface area contributed by atoms with E-state index in [0.717, 1.165) is 0 Å². The van der Waals surface area contributed by atoms with Crippen molar-refractivity contribution in [2.75, 3.05) is 11.9 Å². The second kappa shape index (κ2) is 13.8. The summed E-state index contributed by atoms with van der Waals surface area (Å²) in [5.41, 5.74) is 5.93. The summed E-state index contributed by atoms with van der Waals surface area (Å²) in [6, 6.07) is 8.74. The van der Waals surface area contributed by atoms with Crippen molar-refractivity contribution in [3.05, 3.63) is 58.6 Å². The highest BCUT2D eigenvalue weighted by atomic mass is 35.5. The number of amides is 4. The van der Waals surface area contributed by atoms with Gasteiger partial charge in [-0.05, 0) is 69.9 Å². The minimum Gasteiger partial charge on any atom is -0.508 e. The molecule has 39 heavy (non-hydrogen) atoms. The molecule has 0 radical (unpaired) electrons. The van der Waals surface area contributed by atoms with E-state index in [1.807, 2.05) is 6.92 Å². The van der Waals surface area contributed by atoms with E-state index >= 15 is 0 Å². The standard InChI is InChI=1S/C28H37ClN4O6/c1-6-15-33(26(37)21(13-14-22(30)35)31-27(38)39-28(3,4)5)24(18-10-8-11-19(34)16-18)25(36)32-23-17(2)9-7-12-20(23)29/h7-12,16,21,24,34H,6,13-15H2,1-5H3,(H2,30,35)(H,31,38)(H,32,36). The number of carbonyl (C=O) groups excluding carboxylic acids is 4. The average Bonchev–Trinajstić information content (AvgIpc) is 2.82. The Kier molecular flexibility index (Phi) is 11.2. The molecular formula is C28H37ClN4O6. The van der Waals surface area contributed by atoms with E-state index < -0.39 is 41.5 Å². The maximum absolute atomic E-state index is 14.0. The van der Waals surface area contributed by atoms with Gasteiger partial charge in [0.1, 0.15) is 23.4 Å². The molecule has 212 valence electrons. The van der Waals surface area contributed by atoms with Crippen LogP contribution in [0.4, 0.5) is 10.5 Å². The van der Waals surface area contributed by atoms with E-state index in [1.54, 1.807) is 58.0 Å². The topological polar surface area (TPSA) is 151 Å². The van der Waals surface area contributed by atoms with Crippen molar-refractivity contribution in [3.63, 3.8) is 0 Å². The van der Waals surface area contributed by atoms with Gasteiger partial charge in [-0.2, -0.15) is 0 Å². The number of anilines is 1. The van der Waals surface area contributed by atoms with E-state index in [4.69, 9.17) is 22.1 Å². The number of ether oxygens (including phenoxy) is 1. The van der Waals surface area contributed by atoms with Gasteiger partial charge in [0.15, 0.2) is 0 Å². The molecule has 0 bridgehead atoms. The first-order valence-corrected chi connectivity index (χ1v) is 13.0. The van der Waals surface area contributed by atoms with Crippen LogP contribution in [0.15, 0.2) is 42.5 Å². The predicted molar refractivity (Wildman–Crippen MR) is 149 cm³/mol. The molecule has 2 aromatic rings. The fourth-order valence-electron chi connectivity index (χ4n) is 3.95. The van der Waals surface area contributed by atoms with Gasteiger partial charge in [-0.1, -0.05) is 42.8 Å². The van der Waals surface area contributed by atoms with Gasteiger partial charge in [-0.25, -0.2) is 4.79 Å². The van der Waals surface area contributed by atoms with Crippen molar-refractivity contribution in [2.45, 2.75) is 71.6 Å². The molecule has 5 N–H and O–H groups in total. The fraction of sp³-hybridized carbons (Fsp3) is 0.429. The van der Waals surface area contributed by atoms with Crippen LogP contribution in [0.25, 0.3) is 0 Å². The number of nitrogens with two attached hydrogens (primary N) is 1. The highest BCUT2D eigenvalue weighted by Gasteiger charge is 2.36. The number of halogens is 1. The summed E-state index contributed by atoms with van der Waals surface area (Å²) < 4.78 is 5.31. The number of hydrogen-bond donors (Lipinski definition) is 4. The Morgan fingerprint density at radius 1 is 1.13 bits per heavy atom. The summed E-state index contributed by atoms with van der Waals surface area (Å²) in [7, 11) is 0. The molecule has 2 atom stereocenters. The smallest absolute Gasteiger partial charge is 0.408 e. The molecule has 0 saturated heterocycles. The zero-order chi connectivity index (χ0) is 29.3. The molecule has 0 aliphatic rings. The number of nitrogens with one attached hydrogen (secondary N) is 2. The van der Waals surface area contributed by atoms with Crippen LogP contribution in [0.2, 0.25) is 5.02 Å². The molecule has 0 aliphatic heterocycles. The van der Waals surface area contributed by atoms with Gasteiger partial charge in [0.05, 0.1) is 10.7 Å². The van der Waals surface area contributed by atoms with Crippen LogP contribution in [0.1, 0.15) is 64.1 Å². The second-order valence-electron chi connectivity index (χ2n) is 10.2. The van der Waals surface area contributed by atoms with E-state index in [-0.39, 0.29) is 25.1 Å². The number of para-hydroxylation sites is 1. The van der Waals surface area contributed by atoms with Crippen molar-refractivity contribution < 1.29 is 29.0 Å². The molecule has 10 nitrogen and oxygen atoms in total. The maximum atomic E-state index is 14.0. The van der Waals surface area contributed by atoms with Crippen LogP contribution in [0, 0.1) is 6.92 Å². The van der Waals surface area contributed by atoms with E-state index in [2.05, 4.69) is 10.6 Å². The van der Waals surface area contributed by atoms with E-state index in [9.17, 15) is 24.3 Å². The third-order valence-corrected chi connectivity index (χ3v) is 5.95. The van der Waals surface area contributed by atoms with Crippen LogP contribution in [-0.2, 0) is 19.1 Å². The zero-order valence-electron chi connectivity index (χ0n) is 22.9. The van der Waals surface area contributed by atoms with Crippen molar-refractivity contribution in [1.82, 2.24) is 10.2 Å². The first-order chi connectivity index (χ1) is 18.2. The van der Waals surface area contributed by atoms with Crippen molar-refractivity contribution in [2.24, 2.45) is 5.73 Å². The maximum Gasteiger partial charge on any atom is 0.408 e. The number of phenolic OH excluding ortho intramolecular Hbond substituents is 1.